The van der Waals surface area contributed by atoms with E-state index in [0.717, 1.165) is 11.1 Å². The number of nitrogens with zero attached hydrogens (tertiary/aromatic N) is 1. The van der Waals surface area contributed by atoms with Gasteiger partial charge in [-0.05, 0) is 80.2 Å². The number of benzene rings is 2. The molecule has 1 aliphatic heterocycles. The number of sulfonamides is 1. The largest absolute Gasteiger partial charge is 0.481 e. The van der Waals surface area contributed by atoms with Gasteiger partial charge in [-0.1, -0.05) is 56.3 Å². The van der Waals surface area contributed by atoms with E-state index in [4.69, 9.17) is 11.5 Å². The number of nitrogens with two attached hydrogens (primary N) is 2. The molecule has 0 saturated carbocycles. The van der Waals surface area contributed by atoms with Gasteiger partial charge in [-0.25, -0.2) is 13.1 Å². The lowest BCUT2D eigenvalue weighted by Gasteiger charge is -2.29. The predicted octanol–water partition coefficient (Wildman–Crippen LogP) is -0.518. The maximum atomic E-state index is 13.7. The van der Waals surface area contributed by atoms with Gasteiger partial charge < -0.3 is 48.1 Å². The summed E-state index contributed by atoms with van der Waals surface area (Å²) < 4.78 is 28.1. The third kappa shape index (κ3) is 17.4. The van der Waals surface area contributed by atoms with E-state index in [1.54, 1.807) is 26.0 Å². The van der Waals surface area contributed by atoms with Crippen molar-refractivity contribution < 1.29 is 56.7 Å². The number of likely N-dealkylation sites (tertiary alicyclic amines) is 1. The molecule has 362 valence electrons. The molecule has 2 aromatic rings. The third-order valence-corrected chi connectivity index (χ3v) is 12.5. The first-order chi connectivity index (χ1) is 31.1. The van der Waals surface area contributed by atoms with E-state index in [1.807, 2.05) is 36.6 Å². The average molecular weight is 960 g/mol. The van der Waals surface area contributed by atoms with Crippen LogP contribution in [0, 0.1) is 5.92 Å². The number of hydrogen-bond donors (Lipinski definition) is 9. The number of hydrogen-bond acceptors (Lipinski definition) is 12. The fraction of sp³-hybridized carbons (Fsp3) is 0.512. The van der Waals surface area contributed by atoms with Gasteiger partial charge in [0, 0.05) is 19.5 Å². The van der Waals surface area contributed by atoms with Crippen molar-refractivity contribution in [2.24, 2.45) is 17.4 Å². The van der Waals surface area contributed by atoms with Gasteiger partial charge in [0.2, 0.25) is 57.3 Å². The van der Waals surface area contributed by atoms with E-state index in [0.29, 0.717) is 18.6 Å². The molecule has 0 spiro atoms. The summed E-state index contributed by atoms with van der Waals surface area (Å²) in [7, 11) is -3.95. The molecule has 1 heterocycles. The second-order valence-electron chi connectivity index (χ2n) is 16.2. The Hall–Kier alpha value is -6.07. The Morgan fingerprint density at radius 1 is 0.758 bits per heavy atom. The summed E-state index contributed by atoms with van der Waals surface area (Å²) in [6.45, 7) is 4.94. The molecule has 0 bridgehead atoms. The van der Waals surface area contributed by atoms with Gasteiger partial charge in [0.25, 0.3) is 0 Å². The fourth-order valence-electron chi connectivity index (χ4n) is 7.00. The highest BCUT2D eigenvalue weighted by Crippen LogP contribution is 2.22. The van der Waals surface area contributed by atoms with Crippen LogP contribution in [-0.2, 0) is 53.2 Å². The Bertz CT molecular complexity index is 2160. The first-order valence-electron chi connectivity index (χ1n) is 21.4. The van der Waals surface area contributed by atoms with Crippen molar-refractivity contribution in [2.45, 2.75) is 113 Å². The molecule has 3 rings (SSSR count). The van der Waals surface area contributed by atoms with Crippen LogP contribution in [0.1, 0.15) is 72.1 Å². The van der Waals surface area contributed by atoms with Crippen molar-refractivity contribution in [1.29, 1.82) is 0 Å². The van der Waals surface area contributed by atoms with Gasteiger partial charge in [-0.2, -0.15) is 11.8 Å². The Labute approximate surface area is 388 Å². The number of carboxylic acid groups (broad SMARTS) is 1. The second-order valence-corrected chi connectivity index (χ2v) is 18.9. The summed E-state index contributed by atoms with van der Waals surface area (Å²) in [6.07, 6.45) is 1.01. The molecule has 23 heteroatoms. The first-order valence-corrected chi connectivity index (χ1v) is 24.3. The smallest absolute Gasteiger partial charge is 0.305 e. The minimum atomic E-state index is -3.95. The van der Waals surface area contributed by atoms with E-state index in [9.17, 15) is 56.7 Å². The molecule has 2 aromatic carbocycles. The van der Waals surface area contributed by atoms with E-state index in [-0.39, 0.29) is 49.6 Å². The van der Waals surface area contributed by atoms with Gasteiger partial charge >= 0.3 is 5.97 Å². The second kappa shape index (κ2) is 26.2. The van der Waals surface area contributed by atoms with Crippen molar-refractivity contribution in [3.05, 3.63) is 54.6 Å². The van der Waals surface area contributed by atoms with E-state index >= 15 is 0 Å². The highest BCUT2D eigenvalue weighted by molar-refractivity contribution is 7.98. The summed E-state index contributed by atoms with van der Waals surface area (Å²) in [6, 6.07) is 7.58. The lowest BCUT2D eigenvalue weighted by atomic mass is 10.0. The van der Waals surface area contributed by atoms with Crippen LogP contribution in [0.4, 0.5) is 0 Å². The SMILES string of the molecule is CSCC[C@H](NC(=O)[C@H](CC(C)C)NC(=O)[C@H](C)NC(=O)[C@H](CC(=O)O)NC(=O)[C@H](CC(N)=O)NC(=O)CCCNS(=O)(=O)c1ccc(-c2ccccc2)cc1)C(=O)N1CCC[C@H]1C(N)=O. The summed E-state index contributed by atoms with van der Waals surface area (Å²) in [5, 5.41) is 21.6. The van der Waals surface area contributed by atoms with Crippen LogP contribution in [0.25, 0.3) is 11.1 Å². The quantitative estimate of drug-likeness (QED) is 0.0510. The molecule has 66 heavy (non-hydrogen) atoms. The van der Waals surface area contributed by atoms with E-state index in [1.165, 1.54) is 35.7 Å². The molecule has 1 aliphatic rings. The topological polar surface area (TPSA) is 335 Å². The van der Waals surface area contributed by atoms with Crippen LogP contribution in [-0.4, -0.2) is 133 Å². The van der Waals surface area contributed by atoms with E-state index < -0.39 is 112 Å². The number of rotatable bonds is 27. The van der Waals surface area contributed by atoms with Crippen LogP contribution in [0.2, 0.25) is 0 Å². The van der Waals surface area contributed by atoms with Crippen LogP contribution in [0.3, 0.4) is 0 Å². The van der Waals surface area contributed by atoms with Gasteiger partial charge in [-0.3, -0.25) is 43.2 Å². The van der Waals surface area contributed by atoms with Crippen LogP contribution >= 0.6 is 11.8 Å². The number of nitrogens with one attached hydrogen (secondary N) is 6. The van der Waals surface area contributed by atoms with Crippen molar-refractivity contribution >= 4 is 75.0 Å². The zero-order valence-corrected chi connectivity index (χ0v) is 39.0. The van der Waals surface area contributed by atoms with Crippen LogP contribution in [0.5, 0.6) is 0 Å². The summed E-state index contributed by atoms with van der Waals surface area (Å²) in [5.74, 6) is -8.02. The lowest BCUT2D eigenvalue weighted by molar-refractivity contribution is -0.142. The molecule has 1 fully saturated rings. The maximum absolute atomic E-state index is 13.7. The molecular weight excluding hydrogens is 899 g/mol. The molecule has 1 saturated heterocycles. The van der Waals surface area contributed by atoms with Crippen molar-refractivity contribution in [1.82, 2.24) is 36.2 Å². The lowest BCUT2D eigenvalue weighted by Crippen LogP contribution is -2.59. The molecule has 11 N–H and O–H groups in total. The third-order valence-electron chi connectivity index (χ3n) is 10.4. The Morgan fingerprint density at radius 2 is 1.33 bits per heavy atom. The van der Waals surface area contributed by atoms with Crippen LogP contribution in [0.15, 0.2) is 59.5 Å². The maximum Gasteiger partial charge on any atom is 0.305 e. The molecule has 0 unspecified atom stereocenters. The molecular formula is C43H61N9O12S2. The van der Waals surface area contributed by atoms with Crippen LogP contribution < -0.4 is 42.8 Å². The average Bonchev–Trinajstić information content (AvgIpc) is 3.76. The monoisotopic (exact) mass is 959 g/mol. The number of carboxylic acids is 1. The van der Waals surface area contributed by atoms with Gasteiger partial charge in [0.05, 0.1) is 17.7 Å². The minimum absolute atomic E-state index is 0.00170. The summed E-state index contributed by atoms with van der Waals surface area (Å²) >= 11 is 1.44. The first kappa shape index (κ1) is 54.3. The molecule has 21 nitrogen and oxygen atoms in total. The number of thioether (sulfide) groups is 1. The minimum Gasteiger partial charge on any atom is -0.481 e. The molecule has 0 radical (unpaired) electrons. The fourth-order valence-corrected chi connectivity index (χ4v) is 8.55. The normalized spacial score (nSPS) is 15.9. The molecule has 0 aliphatic carbocycles. The zero-order valence-electron chi connectivity index (χ0n) is 37.4. The summed E-state index contributed by atoms with van der Waals surface area (Å²) in [5.41, 5.74) is 12.5. The standard InChI is InChI=1S/C43H61N9O12S2/c1-25(2)22-31(41(60)49-30(18-21-65-4)43(62)52-20-9-12-34(52)38(45)57)50-39(58)26(3)47-40(59)33(24-37(55)56)51-42(61)32(23-35(44)53)48-36(54)13-8-19-46-66(63,64)29-16-14-28(15-17-29)27-10-6-5-7-11-27/h5-7,10-11,14-17,25-26,30-34,46H,8-9,12-13,18-24H2,1-4H3,(H2,44,53)(H2,45,57)(H,47,59)(H,48,54)(H,49,60)(H,50,58)(H,51,61)(H,55,56)/t26-,30-,31-,32-,33-,34-/m0/s1. The molecule has 8 amide bonds. The number of primary amides is 2. The zero-order chi connectivity index (χ0) is 49.1. The van der Waals surface area contributed by atoms with Crippen molar-refractivity contribution in [3.63, 3.8) is 0 Å². The van der Waals surface area contributed by atoms with E-state index in [2.05, 4.69) is 31.3 Å². The van der Waals surface area contributed by atoms with Crippen molar-refractivity contribution in [3.8, 4) is 11.1 Å². The van der Waals surface area contributed by atoms with Crippen molar-refractivity contribution in [2.75, 3.05) is 25.1 Å². The summed E-state index contributed by atoms with van der Waals surface area (Å²) in [4.78, 5) is 117. The highest BCUT2D eigenvalue weighted by atomic mass is 32.2. The molecule has 0 aromatic heterocycles. The van der Waals surface area contributed by atoms with Gasteiger partial charge in [0.1, 0.15) is 36.3 Å². The van der Waals surface area contributed by atoms with Gasteiger partial charge in [0.15, 0.2) is 0 Å². The predicted molar refractivity (Wildman–Crippen MR) is 244 cm³/mol. The number of amides is 8. The highest BCUT2D eigenvalue weighted by Gasteiger charge is 2.38. The molecule has 6 atom stereocenters. The number of aliphatic carboxylic acids is 1. The Morgan fingerprint density at radius 3 is 1.92 bits per heavy atom. The Kier molecular flexibility index (Phi) is 21.5. The number of carbonyl (C=O) groups is 9. The number of carbonyl (C=O) groups excluding carboxylic acids is 8. The Balaban J connectivity index is 1.61. The van der Waals surface area contributed by atoms with Gasteiger partial charge in [-0.15, -0.1) is 0 Å².